The highest BCUT2D eigenvalue weighted by Crippen LogP contribution is 2.20. The van der Waals surface area contributed by atoms with E-state index in [-0.39, 0.29) is 5.91 Å². The molecule has 1 heterocycles. The van der Waals surface area contributed by atoms with Crippen molar-refractivity contribution in [3.05, 3.63) is 23.5 Å². The fourth-order valence-corrected chi connectivity index (χ4v) is 2.48. The van der Waals surface area contributed by atoms with Crippen LogP contribution in [0.25, 0.3) is 0 Å². The van der Waals surface area contributed by atoms with E-state index in [2.05, 4.69) is 22.5 Å². The highest BCUT2D eigenvalue weighted by molar-refractivity contribution is 5.99. The van der Waals surface area contributed by atoms with Gasteiger partial charge in [0.25, 0.3) is 5.91 Å². The summed E-state index contributed by atoms with van der Waals surface area (Å²) < 4.78 is 0. The zero-order valence-corrected chi connectivity index (χ0v) is 11.8. The van der Waals surface area contributed by atoms with Crippen LogP contribution in [-0.2, 0) is 0 Å². The predicted molar refractivity (Wildman–Crippen MR) is 77.5 cm³/mol. The molecule has 1 aliphatic rings. The lowest BCUT2D eigenvalue weighted by molar-refractivity contribution is 0.0938. The molecule has 0 saturated heterocycles. The second-order valence-corrected chi connectivity index (χ2v) is 5.25. The van der Waals surface area contributed by atoms with Crippen LogP contribution < -0.4 is 10.6 Å². The number of hydrogen-bond donors (Lipinski definition) is 2. The lowest BCUT2D eigenvalue weighted by atomic mass is 10.1. The number of rotatable bonds is 5. The average Bonchev–Trinajstić information content (AvgIpc) is 2.89. The Morgan fingerprint density at radius 3 is 2.84 bits per heavy atom. The van der Waals surface area contributed by atoms with Gasteiger partial charge in [-0.1, -0.05) is 19.8 Å². The largest absolute Gasteiger partial charge is 0.384 e. The van der Waals surface area contributed by atoms with Gasteiger partial charge in [-0.15, -0.1) is 0 Å². The van der Waals surface area contributed by atoms with Crippen LogP contribution >= 0.6 is 0 Å². The Morgan fingerprint density at radius 2 is 2.16 bits per heavy atom. The van der Waals surface area contributed by atoms with Crippen LogP contribution in [0.1, 0.15) is 55.1 Å². The number of amides is 1. The standard InChI is InChI=1S/C15H23N3O/c1-3-8-16-14-9-11(2)17-10-13(14)15(19)18-12-6-4-5-7-12/h9-10,12H,3-8H2,1-2H3,(H,16,17)(H,18,19). The minimum absolute atomic E-state index is 0.00185. The molecule has 1 aliphatic carbocycles. The summed E-state index contributed by atoms with van der Waals surface area (Å²) in [5.74, 6) is -0.00185. The SMILES string of the molecule is CCCNc1cc(C)ncc1C(=O)NC1CCCC1. The normalized spacial score (nSPS) is 15.5. The van der Waals surface area contributed by atoms with Crippen LogP contribution in [0, 0.1) is 6.92 Å². The fraction of sp³-hybridized carbons (Fsp3) is 0.600. The summed E-state index contributed by atoms with van der Waals surface area (Å²) in [5.41, 5.74) is 2.48. The van der Waals surface area contributed by atoms with Gasteiger partial charge in [0.1, 0.15) is 0 Å². The minimum atomic E-state index is -0.00185. The van der Waals surface area contributed by atoms with Gasteiger partial charge in [0.05, 0.1) is 11.3 Å². The van der Waals surface area contributed by atoms with E-state index in [1.165, 1.54) is 12.8 Å². The molecular weight excluding hydrogens is 238 g/mol. The van der Waals surface area contributed by atoms with Crippen molar-refractivity contribution in [2.24, 2.45) is 0 Å². The molecule has 0 radical (unpaired) electrons. The van der Waals surface area contributed by atoms with Crippen molar-refractivity contribution < 1.29 is 4.79 Å². The molecule has 0 aliphatic heterocycles. The maximum Gasteiger partial charge on any atom is 0.255 e. The molecule has 1 aromatic rings. The summed E-state index contributed by atoms with van der Waals surface area (Å²) in [6.45, 7) is 4.92. The Kier molecular flexibility index (Phi) is 4.77. The number of carbonyl (C=O) groups excluding carboxylic acids is 1. The van der Waals surface area contributed by atoms with E-state index in [0.29, 0.717) is 11.6 Å². The smallest absolute Gasteiger partial charge is 0.255 e. The summed E-state index contributed by atoms with van der Waals surface area (Å²) >= 11 is 0. The number of carbonyl (C=O) groups is 1. The monoisotopic (exact) mass is 261 g/mol. The van der Waals surface area contributed by atoms with Crippen molar-refractivity contribution in [2.45, 2.75) is 52.0 Å². The Morgan fingerprint density at radius 1 is 1.42 bits per heavy atom. The molecule has 4 nitrogen and oxygen atoms in total. The molecule has 1 saturated carbocycles. The van der Waals surface area contributed by atoms with Crippen LogP contribution in [0.2, 0.25) is 0 Å². The maximum atomic E-state index is 12.3. The molecule has 0 atom stereocenters. The molecule has 1 fully saturated rings. The summed E-state index contributed by atoms with van der Waals surface area (Å²) in [7, 11) is 0. The van der Waals surface area contributed by atoms with Crippen molar-refractivity contribution in [2.75, 3.05) is 11.9 Å². The molecule has 2 N–H and O–H groups in total. The van der Waals surface area contributed by atoms with Gasteiger partial charge in [-0.2, -0.15) is 0 Å². The number of aryl methyl sites for hydroxylation is 1. The number of aromatic nitrogens is 1. The van der Waals surface area contributed by atoms with Crippen molar-refractivity contribution in [3.63, 3.8) is 0 Å². The van der Waals surface area contributed by atoms with Crippen molar-refractivity contribution in [1.82, 2.24) is 10.3 Å². The highest BCUT2D eigenvalue weighted by atomic mass is 16.1. The Balaban J connectivity index is 2.10. The number of nitrogens with zero attached hydrogens (tertiary/aromatic N) is 1. The molecule has 19 heavy (non-hydrogen) atoms. The second kappa shape index (κ2) is 6.55. The molecule has 0 bridgehead atoms. The lowest BCUT2D eigenvalue weighted by Gasteiger charge is -2.15. The first-order valence-electron chi connectivity index (χ1n) is 7.22. The number of nitrogens with one attached hydrogen (secondary N) is 2. The Labute approximate surface area is 115 Å². The zero-order valence-electron chi connectivity index (χ0n) is 11.8. The van der Waals surface area contributed by atoms with Gasteiger partial charge < -0.3 is 10.6 Å². The van der Waals surface area contributed by atoms with E-state index < -0.39 is 0 Å². The van der Waals surface area contributed by atoms with Gasteiger partial charge in [0.15, 0.2) is 0 Å². The van der Waals surface area contributed by atoms with Crippen LogP contribution in [0.15, 0.2) is 12.3 Å². The molecule has 2 rings (SSSR count). The first-order chi connectivity index (χ1) is 9.20. The van der Waals surface area contributed by atoms with Crippen LogP contribution in [0.4, 0.5) is 5.69 Å². The lowest BCUT2D eigenvalue weighted by Crippen LogP contribution is -2.33. The predicted octanol–water partition coefficient (Wildman–Crippen LogP) is 2.88. The molecular formula is C15H23N3O. The Bertz CT molecular complexity index is 439. The molecule has 0 spiro atoms. The van der Waals surface area contributed by atoms with E-state index in [1.54, 1.807) is 6.20 Å². The van der Waals surface area contributed by atoms with E-state index in [1.807, 2.05) is 13.0 Å². The molecule has 1 amide bonds. The van der Waals surface area contributed by atoms with Gasteiger partial charge in [-0.05, 0) is 32.3 Å². The number of pyridine rings is 1. The van der Waals surface area contributed by atoms with E-state index in [0.717, 1.165) is 37.2 Å². The van der Waals surface area contributed by atoms with E-state index in [4.69, 9.17) is 0 Å². The van der Waals surface area contributed by atoms with Crippen molar-refractivity contribution in [1.29, 1.82) is 0 Å². The zero-order chi connectivity index (χ0) is 13.7. The third kappa shape index (κ3) is 3.69. The third-order valence-corrected chi connectivity index (χ3v) is 3.54. The summed E-state index contributed by atoms with van der Waals surface area (Å²) in [6.07, 6.45) is 7.35. The van der Waals surface area contributed by atoms with E-state index in [9.17, 15) is 4.79 Å². The molecule has 104 valence electrons. The van der Waals surface area contributed by atoms with E-state index >= 15 is 0 Å². The van der Waals surface area contributed by atoms with Gasteiger partial charge in [-0.3, -0.25) is 9.78 Å². The topological polar surface area (TPSA) is 54.0 Å². The molecule has 4 heteroatoms. The molecule has 0 unspecified atom stereocenters. The highest BCUT2D eigenvalue weighted by Gasteiger charge is 2.19. The second-order valence-electron chi connectivity index (χ2n) is 5.25. The Hall–Kier alpha value is -1.58. The first kappa shape index (κ1) is 13.8. The molecule has 0 aromatic carbocycles. The number of anilines is 1. The third-order valence-electron chi connectivity index (χ3n) is 3.54. The maximum absolute atomic E-state index is 12.3. The van der Waals surface area contributed by atoms with Gasteiger partial charge in [0, 0.05) is 24.5 Å². The fourth-order valence-electron chi connectivity index (χ4n) is 2.48. The first-order valence-corrected chi connectivity index (χ1v) is 7.22. The van der Waals surface area contributed by atoms with Crippen LogP contribution in [0.5, 0.6) is 0 Å². The van der Waals surface area contributed by atoms with Crippen LogP contribution in [0.3, 0.4) is 0 Å². The summed E-state index contributed by atoms with van der Waals surface area (Å²) in [5, 5.41) is 6.42. The van der Waals surface area contributed by atoms with Crippen molar-refractivity contribution in [3.8, 4) is 0 Å². The van der Waals surface area contributed by atoms with Gasteiger partial charge in [-0.25, -0.2) is 0 Å². The average molecular weight is 261 g/mol. The van der Waals surface area contributed by atoms with Gasteiger partial charge >= 0.3 is 0 Å². The summed E-state index contributed by atoms with van der Waals surface area (Å²) in [6, 6.07) is 2.28. The van der Waals surface area contributed by atoms with Crippen molar-refractivity contribution >= 4 is 11.6 Å². The number of hydrogen-bond acceptors (Lipinski definition) is 3. The minimum Gasteiger partial charge on any atom is -0.384 e. The quantitative estimate of drug-likeness (QED) is 0.857. The van der Waals surface area contributed by atoms with Crippen LogP contribution in [-0.4, -0.2) is 23.5 Å². The summed E-state index contributed by atoms with van der Waals surface area (Å²) in [4.78, 5) is 16.5. The van der Waals surface area contributed by atoms with Gasteiger partial charge in [0.2, 0.25) is 0 Å². The molecule has 1 aromatic heterocycles.